The Hall–Kier alpha value is -0.900. The Morgan fingerprint density at radius 1 is 1.25 bits per heavy atom. The Morgan fingerprint density at radius 3 is 2.80 bits per heavy atom. The summed E-state index contributed by atoms with van der Waals surface area (Å²) in [6.45, 7) is 6.27. The molecule has 2 heterocycles. The van der Waals surface area contributed by atoms with Crippen LogP contribution >= 0.6 is 0 Å². The van der Waals surface area contributed by atoms with Crippen molar-refractivity contribution in [3.63, 3.8) is 0 Å². The van der Waals surface area contributed by atoms with Gasteiger partial charge in [0.05, 0.1) is 12.5 Å². The van der Waals surface area contributed by atoms with Gasteiger partial charge in [-0.15, -0.1) is 0 Å². The van der Waals surface area contributed by atoms with E-state index in [-0.39, 0.29) is 12.4 Å². The fourth-order valence-corrected chi connectivity index (χ4v) is 3.65. The smallest absolute Gasteiger partial charge is 0.221 e. The maximum absolute atomic E-state index is 6.38. The summed E-state index contributed by atoms with van der Waals surface area (Å²) in [5.74, 6) is 0. The van der Waals surface area contributed by atoms with E-state index in [4.69, 9.17) is 9.57 Å². The van der Waals surface area contributed by atoms with Gasteiger partial charge >= 0.3 is 0 Å². The van der Waals surface area contributed by atoms with Crippen LogP contribution < -0.4 is 0 Å². The fraction of sp³-hybridized carbons (Fsp3) is 0.647. The van der Waals surface area contributed by atoms with E-state index in [0.717, 1.165) is 24.2 Å². The van der Waals surface area contributed by atoms with E-state index in [9.17, 15) is 0 Å². The molecule has 0 bridgehead atoms. The SMILES string of the molecule is CC(C)O[C@@H]1C[C@@H]2CCCC[N+]2(Cc2ccccc2)O1. The first-order chi connectivity index (χ1) is 9.68. The number of hydrogen-bond acceptors (Lipinski definition) is 2. The van der Waals surface area contributed by atoms with Crippen molar-refractivity contribution in [3.8, 4) is 0 Å². The summed E-state index contributed by atoms with van der Waals surface area (Å²) in [5, 5.41) is 0. The standard InChI is InChI=1S/C17H26NO2/c1-14(2)19-17-12-16-10-6-7-11-18(16,20-17)13-15-8-4-3-5-9-15/h3-5,8-9,14,16-17H,6-7,10-13H2,1-2H3/q+1/t16-,17-,18?/m0/s1. The van der Waals surface area contributed by atoms with Gasteiger partial charge in [0.15, 0.2) is 0 Å². The van der Waals surface area contributed by atoms with E-state index >= 15 is 0 Å². The molecule has 1 unspecified atom stereocenters. The molecule has 0 aromatic heterocycles. The number of hydrogen-bond donors (Lipinski definition) is 0. The molecule has 2 fully saturated rings. The molecule has 2 aliphatic heterocycles. The molecule has 110 valence electrons. The van der Waals surface area contributed by atoms with Crippen LogP contribution in [0.1, 0.15) is 45.1 Å². The summed E-state index contributed by atoms with van der Waals surface area (Å²) < 4.78 is 6.71. The molecule has 0 radical (unpaired) electrons. The highest BCUT2D eigenvalue weighted by atomic mass is 16.8. The van der Waals surface area contributed by atoms with Gasteiger partial charge in [0.2, 0.25) is 6.29 Å². The molecular weight excluding hydrogens is 250 g/mol. The largest absolute Gasteiger partial charge is 0.345 e. The summed E-state index contributed by atoms with van der Waals surface area (Å²) in [5.41, 5.74) is 1.37. The second-order valence-electron chi connectivity index (χ2n) is 6.42. The highest BCUT2D eigenvalue weighted by Gasteiger charge is 2.51. The number of piperidine rings is 1. The van der Waals surface area contributed by atoms with Crippen molar-refractivity contribution in [2.45, 2.75) is 64.5 Å². The number of hydroxylamine groups is 3. The second-order valence-corrected chi connectivity index (χ2v) is 6.42. The highest BCUT2D eigenvalue weighted by molar-refractivity contribution is 5.13. The molecule has 3 atom stereocenters. The van der Waals surface area contributed by atoms with Crippen molar-refractivity contribution >= 4 is 0 Å². The van der Waals surface area contributed by atoms with Crippen molar-refractivity contribution in [2.75, 3.05) is 6.54 Å². The molecule has 2 aliphatic rings. The molecule has 3 nitrogen and oxygen atoms in total. The van der Waals surface area contributed by atoms with Gasteiger partial charge in [-0.2, -0.15) is 9.48 Å². The Kier molecular flexibility index (Phi) is 4.11. The lowest BCUT2D eigenvalue weighted by molar-refractivity contribution is -1.13. The summed E-state index contributed by atoms with van der Waals surface area (Å²) in [4.78, 5) is 6.38. The van der Waals surface area contributed by atoms with Crippen molar-refractivity contribution < 1.29 is 14.2 Å². The Bertz CT molecular complexity index is 434. The minimum Gasteiger partial charge on any atom is -0.345 e. The van der Waals surface area contributed by atoms with Gasteiger partial charge in [0.25, 0.3) is 0 Å². The van der Waals surface area contributed by atoms with Crippen molar-refractivity contribution in [1.29, 1.82) is 0 Å². The second kappa shape index (κ2) is 5.84. The number of quaternary nitrogens is 1. The first-order valence-corrected chi connectivity index (χ1v) is 7.92. The van der Waals surface area contributed by atoms with Crippen LogP contribution in [0.25, 0.3) is 0 Å². The Labute approximate surface area is 122 Å². The third-order valence-electron chi connectivity index (χ3n) is 4.50. The van der Waals surface area contributed by atoms with E-state index < -0.39 is 0 Å². The lowest BCUT2D eigenvalue weighted by atomic mass is 9.98. The van der Waals surface area contributed by atoms with Crippen molar-refractivity contribution in [3.05, 3.63) is 35.9 Å². The number of nitrogens with zero attached hydrogens (tertiary/aromatic N) is 1. The van der Waals surface area contributed by atoms with Crippen LogP contribution in [0.5, 0.6) is 0 Å². The first-order valence-electron chi connectivity index (χ1n) is 7.92. The van der Waals surface area contributed by atoms with Crippen LogP contribution in [0.3, 0.4) is 0 Å². The van der Waals surface area contributed by atoms with Crippen molar-refractivity contribution in [1.82, 2.24) is 0 Å². The number of ether oxygens (including phenoxy) is 1. The maximum atomic E-state index is 6.38. The average molecular weight is 276 g/mol. The van der Waals surface area contributed by atoms with Crippen LogP contribution in [-0.2, 0) is 16.1 Å². The predicted molar refractivity (Wildman–Crippen MR) is 78.6 cm³/mol. The van der Waals surface area contributed by atoms with Gasteiger partial charge in [-0.25, -0.2) is 0 Å². The summed E-state index contributed by atoms with van der Waals surface area (Å²) >= 11 is 0. The van der Waals surface area contributed by atoms with E-state index in [1.54, 1.807) is 0 Å². The minimum absolute atomic E-state index is 0.0261. The number of rotatable bonds is 4. The van der Waals surface area contributed by atoms with Gasteiger partial charge < -0.3 is 4.74 Å². The monoisotopic (exact) mass is 276 g/mol. The summed E-state index contributed by atoms with van der Waals surface area (Å²) in [6, 6.07) is 11.3. The molecule has 1 aromatic carbocycles. The van der Waals surface area contributed by atoms with Crippen LogP contribution in [0.2, 0.25) is 0 Å². The normalized spacial score (nSPS) is 33.4. The van der Waals surface area contributed by atoms with E-state index in [1.807, 2.05) is 0 Å². The lowest BCUT2D eigenvalue weighted by Gasteiger charge is -2.39. The third-order valence-corrected chi connectivity index (χ3v) is 4.50. The van der Waals surface area contributed by atoms with Crippen LogP contribution in [-0.4, -0.2) is 29.6 Å². The molecule has 0 N–H and O–H groups in total. The van der Waals surface area contributed by atoms with Crippen molar-refractivity contribution in [2.24, 2.45) is 0 Å². The molecule has 0 spiro atoms. The fourth-order valence-electron chi connectivity index (χ4n) is 3.65. The lowest BCUT2D eigenvalue weighted by Crippen LogP contribution is -2.52. The maximum Gasteiger partial charge on any atom is 0.221 e. The van der Waals surface area contributed by atoms with E-state index in [0.29, 0.717) is 6.04 Å². The molecule has 3 heteroatoms. The summed E-state index contributed by atoms with van der Waals surface area (Å²) in [7, 11) is 0. The summed E-state index contributed by atoms with van der Waals surface area (Å²) in [6.07, 6.45) is 5.12. The molecule has 3 rings (SSSR count). The zero-order chi connectivity index (χ0) is 14.0. The zero-order valence-corrected chi connectivity index (χ0v) is 12.6. The molecule has 1 aromatic rings. The molecule has 0 aliphatic carbocycles. The Morgan fingerprint density at radius 2 is 2.05 bits per heavy atom. The Balaban J connectivity index is 1.76. The van der Waals surface area contributed by atoms with Gasteiger partial charge in [-0.05, 0) is 26.7 Å². The van der Waals surface area contributed by atoms with Gasteiger partial charge in [0, 0.05) is 12.0 Å². The van der Waals surface area contributed by atoms with Crippen LogP contribution in [0, 0.1) is 0 Å². The quantitative estimate of drug-likeness (QED) is 0.782. The third kappa shape index (κ3) is 2.90. The van der Waals surface area contributed by atoms with E-state index in [1.165, 1.54) is 24.8 Å². The van der Waals surface area contributed by atoms with Gasteiger partial charge in [-0.1, -0.05) is 30.3 Å². The van der Waals surface area contributed by atoms with Crippen LogP contribution in [0.15, 0.2) is 30.3 Å². The highest BCUT2D eigenvalue weighted by Crippen LogP contribution is 2.39. The van der Waals surface area contributed by atoms with Crippen LogP contribution in [0.4, 0.5) is 0 Å². The predicted octanol–water partition coefficient (Wildman–Crippen LogP) is 3.64. The van der Waals surface area contributed by atoms with Gasteiger partial charge in [0.1, 0.15) is 19.1 Å². The number of fused-ring (bicyclic) bond motifs is 1. The minimum atomic E-state index is -0.0261. The first kappa shape index (κ1) is 14.1. The average Bonchev–Trinajstić information content (AvgIpc) is 2.76. The topological polar surface area (TPSA) is 18.5 Å². The molecule has 2 saturated heterocycles. The van der Waals surface area contributed by atoms with E-state index in [2.05, 4.69) is 44.2 Å². The van der Waals surface area contributed by atoms with Gasteiger partial charge in [-0.3, -0.25) is 0 Å². The number of benzene rings is 1. The molecular formula is C17H26NO2+. The molecule has 20 heavy (non-hydrogen) atoms. The molecule has 0 saturated carbocycles. The molecule has 0 amide bonds. The zero-order valence-electron chi connectivity index (χ0n) is 12.6.